The van der Waals surface area contributed by atoms with Gasteiger partial charge in [0.05, 0.1) is 12.7 Å². The molecule has 0 aliphatic carbocycles. The zero-order chi connectivity index (χ0) is 13.9. The summed E-state index contributed by atoms with van der Waals surface area (Å²) in [5.41, 5.74) is -1.69. The minimum Gasteiger partial charge on any atom is -0.467 e. The van der Waals surface area contributed by atoms with E-state index in [-0.39, 0.29) is 0 Å². The highest BCUT2D eigenvalue weighted by Gasteiger charge is 2.37. The predicted molar refractivity (Wildman–Crippen MR) is 54.4 cm³/mol. The molecule has 0 amide bonds. The first kappa shape index (κ1) is 14.5. The van der Waals surface area contributed by atoms with Crippen molar-refractivity contribution in [1.29, 1.82) is 0 Å². The van der Waals surface area contributed by atoms with Crippen molar-refractivity contribution in [1.82, 2.24) is 0 Å². The smallest absolute Gasteiger partial charge is 0.416 e. The number of methoxy groups -OCH3 is 1. The van der Waals surface area contributed by atoms with Crippen LogP contribution in [0.3, 0.4) is 0 Å². The largest absolute Gasteiger partial charge is 0.467 e. The summed E-state index contributed by atoms with van der Waals surface area (Å²) in [5, 5.41) is 18.9. The van der Waals surface area contributed by atoms with Gasteiger partial charge in [-0.3, -0.25) is 0 Å². The van der Waals surface area contributed by atoms with Gasteiger partial charge < -0.3 is 14.9 Å². The molecule has 0 fully saturated rings. The minimum absolute atomic E-state index is 0.581. The molecule has 7 heteroatoms. The molecule has 1 aromatic rings. The Bertz CT molecular complexity index is 431. The van der Waals surface area contributed by atoms with Crippen LogP contribution in [0.25, 0.3) is 0 Å². The third kappa shape index (κ3) is 2.99. The van der Waals surface area contributed by atoms with E-state index < -0.39 is 35.5 Å². The lowest BCUT2D eigenvalue weighted by Gasteiger charge is -2.20. The van der Waals surface area contributed by atoms with Gasteiger partial charge in [-0.1, -0.05) is 18.2 Å². The molecule has 1 rings (SSSR count). The third-order valence-electron chi connectivity index (χ3n) is 2.33. The lowest BCUT2D eigenvalue weighted by Crippen LogP contribution is -2.30. The van der Waals surface area contributed by atoms with Crippen LogP contribution >= 0.6 is 0 Å². The van der Waals surface area contributed by atoms with E-state index in [1.165, 1.54) is 6.07 Å². The molecule has 2 N–H and O–H groups in total. The van der Waals surface area contributed by atoms with Crippen molar-refractivity contribution in [3.8, 4) is 0 Å². The fourth-order valence-corrected chi connectivity index (χ4v) is 1.43. The van der Waals surface area contributed by atoms with Gasteiger partial charge in [0, 0.05) is 0 Å². The van der Waals surface area contributed by atoms with E-state index in [0.717, 1.165) is 25.3 Å². The van der Waals surface area contributed by atoms with E-state index in [4.69, 9.17) is 0 Å². The summed E-state index contributed by atoms with van der Waals surface area (Å²) in [6.07, 6.45) is -8.76. The van der Waals surface area contributed by atoms with Gasteiger partial charge in [-0.15, -0.1) is 0 Å². The summed E-state index contributed by atoms with van der Waals surface area (Å²) in [4.78, 5) is 11.0. The number of aliphatic hydroxyl groups is 2. The number of hydrogen-bond acceptors (Lipinski definition) is 4. The first-order valence-electron chi connectivity index (χ1n) is 4.89. The first-order valence-corrected chi connectivity index (χ1v) is 4.89. The Kier molecular flexibility index (Phi) is 4.31. The van der Waals surface area contributed by atoms with Crippen LogP contribution in [-0.2, 0) is 15.7 Å². The fraction of sp³-hybridized carbons (Fsp3) is 0.364. The average Bonchev–Trinajstić information content (AvgIpc) is 2.35. The quantitative estimate of drug-likeness (QED) is 0.807. The Balaban J connectivity index is 3.14. The number of alkyl halides is 3. The van der Waals surface area contributed by atoms with Gasteiger partial charge in [-0.05, 0) is 11.6 Å². The summed E-state index contributed by atoms with van der Waals surface area (Å²) >= 11 is 0. The van der Waals surface area contributed by atoms with E-state index in [2.05, 4.69) is 4.74 Å². The lowest BCUT2D eigenvalue weighted by atomic mass is 9.98. The summed E-state index contributed by atoms with van der Waals surface area (Å²) < 4.78 is 42.1. The van der Waals surface area contributed by atoms with E-state index in [1.54, 1.807) is 0 Å². The van der Waals surface area contributed by atoms with Crippen LogP contribution in [0.2, 0.25) is 0 Å². The topological polar surface area (TPSA) is 66.8 Å². The molecule has 0 aliphatic rings. The molecule has 18 heavy (non-hydrogen) atoms. The number of hydrogen-bond donors (Lipinski definition) is 2. The molecule has 2 atom stereocenters. The molecule has 0 spiro atoms. The number of carbonyl (C=O) groups is 1. The van der Waals surface area contributed by atoms with Crippen molar-refractivity contribution in [2.24, 2.45) is 0 Å². The molecular weight excluding hydrogens is 253 g/mol. The Hall–Kier alpha value is -1.60. The van der Waals surface area contributed by atoms with Crippen molar-refractivity contribution in [2.75, 3.05) is 7.11 Å². The third-order valence-corrected chi connectivity index (χ3v) is 2.33. The Morgan fingerprint density at radius 3 is 2.33 bits per heavy atom. The molecule has 4 nitrogen and oxygen atoms in total. The highest BCUT2D eigenvalue weighted by Crippen LogP contribution is 2.35. The average molecular weight is 264 g/mol. The number of esters is 1. The summed E-state index contributed by atoms with van der Waals surface area (Å²) in [7, 11) is 0.952. The van der Waals surface area contributed by atoms with Crippen LogP contribution in [0.1, 0.15) is 17.2 Å². The van der Waals surface area contributed by atoms with E-state index in [9.17, 15) is 28.2 Å². The van der Waals surface area contributed by atoms with E-state index in [0.29, 0.717) is 0 Å². The van der Waals surface area contributed by atoms with Crippen LogP contribution in [-0.4, -0.2) is 29.4 Å². The fourth-order valence-electron chi connectivity index (χ4n) is 1.43. The van der Waals surface area contributed by atoms with Gasteiger partial charge >= 0.3 is 12.1 Å². The highest BCUT2D eigenvalue weighted by molar-refractivity contribution is 5.75. The Morgan fingerprint density at radius 1 is 1.28 bits per heavy atom. The van der Waals surface area contributed by atoms with E-state index >= 15 is 0 Å². The maximum atomic E-state index is 12.6. The SMILES string of the molecule is COC(=O)C(O)C(O)c1ccccc1C(F)(F)F. The second kappa shape index (κ2) is 5.36. The Morgan fingerprint density at radius 2 is 1.83 bits per heavy atom. The molecule has 0 bridgehead atoms. The summed E-state index contributed by atoms with van der Waals surface area (Å²) in [5.74, 6) is -1.21. The molecule has 0 heterocycles. The molecule has 0 saturated heterocycles. The molecule has 0 aromatic heterocycles. The lowest BCUT2D eigenvalue weighted by molar-refractivity contribution is -0.158. The first-order chi connectivity index (χ1) is 8.29. The van der Waals surface area contributed by atoms with Crippen molar-refractivity contribution < 1.29 is 32.9 Å². The van der Waals surface area contributed by atoms with Gasteiger partial charge in [-0.2, -0.15) is 13.2 Å². The highest BCUT2D eigenvalue weighted by atomic mass is 19.4. The Labute approximate surface area is 101 Å². The molecular formula is C11H11F3O4. The molecule has 2 unspecified atom stereocenters. The van der Waals surface area contributed by atoms with Crippen molar-refractivity contribution in [3.05, 3.63) is 35.4 Å². The van der Waals surface area contributed by atoms with Crippen LogP contribution in [0.5, 0.6) is 0 Å². The number of ether oxygens (including phenoxy) is 1. The van der Waals surface area contributed by atoms with Crippen LogP contribution < -0.4 is 0 Å². The van der Waals surface area contributed by atoms with E-state index in [1.807, 2.05) is 0 Å². The number of halogens is 3. The van der Waals surface area contributed by atoms with Gasteiger partial charge in [0.15, 0.2) is 6.10 Å². The zero-order valence-electron chi connectivity index (χ0n) is 9.31. The summed E-state index contributed by atoms with van der Waals surface area (Å²) in [6, 6.07) is 4.14. The second-order valence-electron chi connectivity index (χ2n) is 3.50. The zero-order valence-corrected chi connectivity index (χ0v) is 9.31. The van der Waals surface area contributed by atoms with Crippen LogP contribution in [0, 0.1) is 0 Å². The maximum absolute atomic E-state index is 12.6. The number of aliphatic hydroxyl groups excluding tert-OH is 2. The van der Waals surface area contributed by atoms with Crippen LogP contribution in [0.15, 0.2) is 24.3 Å². The number of benzene rings is 1. The molecule has 0 saturated carbocycles. The molecule has 100 valence electrons. The predicted octanol–water partition coefficient (Wildman–Crippen LogP) is 1.27. The van der Waals surface area contributed by atoms with Crippen molar-refractivity contribution in [2.45, 2.75) is 18.4 Å². The monoisotopic (exact) mass is 264 g/mol. The standard InChI is InChI=1S/C11H11F3O4/c1-18-10(17)9(16)8(15)6-4-2-3-5-7(6)11(12,13)14/h2-5,8-9,15-16H,1H3. The summed E-state index contributed by atoms with van der Waals surface area (Å²) in [6.45, 7) is 0. The maximum Gasteiger partial charge on any atom is 0.416 e. The molecule has 0 radical (unpaired) electrons. The number of carbonyl (C=O) groups excluding carboxylic acids is 1. The molecule has 0 aliphatic heterocycles. The second-order valence-corrected chi connectivity index (χ2v) is 3.50. The van der Waals surface area contributed by atoms with Crippen molar-refractivity contribution in [3.63, 3.8) is 0 Å². The van der Waals surface area contributed by atoms with Gasteiger partial charge in [0.2, 0.25) is 0 Å². The van der Waals surface area contributed by atoms with Gasteiger partial charge in [0.1, 0.15) is 6.10 Å². The van der Waals surface area contributed by atoms with Crippen LogP contribution in [0.4, 0.5) is 13.2 Å². The van der Waals surface area contributed by atoms with Gasteiger partial charge in [0.25, 0.3) is 0 Å². The molecule has 1 aromatic carbocycles. The van der Waals surface area contributed by atoms with Crippen molar-refractivity contribution >= 4 is 5.97 Å². The normalized spacial score (nSPS) is 15.0. The number of rotatable bonds is 3. The minimum atomic E-state index is -4.69. The van der Waals surface area contributed by atoms with Gasteiger partial charge in [-0.25, -0.2) is 4.79 Å².